The summed E-state index contributed by atoms with van der Waals surface area (Å²) in [7, 11) is 0. The van der Waals surface area contributed by atoms with E-state index in [0.717, 1.165) is 0 Å². The lowest BCUT2D eigenvalue weighted by atomic mass is 10.1. The summed E-state index contributed by atoms with van der Waals surface area (Å²) in [6.45, 7) is 1.77. The molecule has 0 aliphatic heterocycles. The van der Waals surface area contributed by atoms with Crippen LogP contribution in [0, 0.1) is 10.1 Å². The number of aromatic hydroxyl groups is 2. The van der Waals surface area contributed by atoms with Gasteiger partial charge in [-0.1, -0.05) is 6.07 Å². The lowest BCUT2D eigenvalue weighted by molar-refractivity contribution is -0.384. The molecule has 0 amide bonds. The molecule has 0 radical (unpaired) electrons. The maximum atomic E-state index is 10.6. The normalized spacial score (nSPS) is 11.8. The third-order valence-electron chi connectivity index (χ3n) is 2.95. The van der Waals surface area contributed by atoms with E-state index >= 15 is 0 Å². The number of phenolic OH excluding ortho intramolecular Hbond substituents is 2. The number of hydrogen-bond acceptors (Lipinski definition) is 5. The third-order valence-corrected chi connectivity index (χ3v) is 2.95. The van der Waals surface area contributed by atoms with E-state index in [0.29, 0.717) is 11.3 Å². The van der Waals surface area contributed by atoms with Crippen molar-refractivity contribution in [2.24, 2.45) is 0 Å². The summed E-state index contributed by atoms with van der Waals surface area (Å²) in [4.78, 5) is 10.1. The van der Waals surface area contributed by atoms with Crippen molar-refractivity contribution in [1.82, 2.24) is 0 Å². The Hall–Kier alpha value is -2.76. The quantitative estimate of drug-likeness (QED) is 0.587. The summed E-state index contributed by atoms with van der Waals surface area (Å²) >= 11 is 0. The van der Waals surface area contributed by atoms with E-state index < -0.39 is 4.92 Å². The molecule has 0 aromatic heterocycles. The van der Waals surface area contributed by atoms with Crippen molar-refractivity contribution in [1.29, 1.82) is 0 Å². The summed E-state index contributed by atoms with van der Waals surface area (Å²) in [6, 6.07) is 10.1. The first-order valence-electron chi connectivity index (χ1n) is 6.01. The maximum Gasteiger partial charge on any atom is 0.269 e. The fraction of sp³-hybridized carbons (Fsp3) is 0.143. The first-order valence-corrected chi connectivity index (χ1v) is 6.01. The molecule has 3 N–H and O–H groups in total. The number of nitro benzene ring substituents is 1. The molecule has 6 heteroatoms. The van der Waals surface area contributed by atoms with Crippen molar-refractivity contribution < 1.29 is 15.1 Å². The van der Waals surface area contributed by atoms with Crippen LogP contribution in [0.3, 0.4) is 0 Å². The largest absolute Gasteiger partial charge is 0.507 e. The lowest BCUT2D eigenvalue weighted by Gasteiger charge is -2.17. The highest BCUT2D eigenvalue weighted by Gasteiger charge is 2.15. The molecule has 0 fully saturated rings. The zero-order valence-corrected chi connectivity index (χ0v) is 10.8. The average molecular weight is 274 g/mol. The number of non-ortho nitro benzene ring substituents is 1. The van der Waals surface area contributed by atoms with Gasteiger partial charge in [-0.2, -0.15) is 0 Å². The van der Waals surface area contributed by atoms with Crippen molar-refractivity contribution in [2.75, 3.05) is 5.32 Å². The average Bonchev–Trinajstić information content (AvgIpc) is 2.39. The molecule has 1 unspecified atom stereocenters. The van der Waals surface area contributed by atoms with Gasteiger partial charge in [0, 0.05) is 17.8 Å². The Morgan fingerprint density at radius 1 is 1.10 bits per heavy atom. The van der Waals surface area contributed by atoms with Gasteiger partial charge < -0.3 is 15.5 Å². The van der Waals surface area contributed by atoms with E-state index in [-0.39, 0.29) is 23.2 Å². The van der Waals surface area contributed by atoms with Crippen LogP contribution >= 0.6 is 0 Å². The molecule has 1 atom stereocenters. The maximum absolute atomic E-state index is 10.6. The minimum atomic E-state index is -0.470. The van der Waals surface area contributed by atoms with Crippen LogP contribution in [0.2, 0.25) is 0 Å². The molecule has 20 heavy (non-hydrogen) atoms. The third kappa shape index (κ3) is 2.80. The standard InChI is InChI=1S/C14H14N2O4/c1-9(14-12(17)3-2-4-13(14)18)15-10-5-7-11(8-6-10)16(19)20/h2-9,15,17-18H,1H3. The molecule has 0 heterocycles. The Morgan fingerprint density at radius 3 is 2.15 bits per heavy atom. The second-order valence-corrected chi connectivity index (χ2v) is 4.38. The van der Waals surface area contributed by atoms with E-state index in [1.807, 2.05) is 0 Å². The molecular weight excluding hydrogens is 260 g/mol. The van der Waals surface area contributed by atoms with E-state index in [1.54, 1.807) is 25.1 Å². The molecule has 0 saturated heterocycles. The number of nitro groups is 1. The predicted octanol–water partition coefficient (Wildman–Crippen LogP) is 3.18. The summed E-state index contributed by atoms with van der Waals surface area (Å²) < 4.78 is 0. The van der Waals surface area contributed by atoms with Crippen LogP contribution in [0.15, 0.2) is 42.5 Å². The van der Waals surface area contributed by atoms with Gasteiger partial charge in [0.25, 0.3) is 5.69 Å². The van der Waals surface area contributed by atoms with Crippen molar-refractivity contribution >= 4 is 11.4 Å². The van der Waals surface area contributed by atoms with Gasteiger partial charge in [-0.25, -0.2) is 0 Å². The molecular formula is C14H14N2O4. The van der Waals surface area contributed by atoms with Crippen LogP contribution in [-0.2, 0) is 0 Å². The topological polar surface area (TPSA) is 95.6 Å². The Bertz CT molecular complexity index is 605. The fourth-order valence-corrected chi connectivity index (χ4v) is 1.99. The smallest absolute Gasteiger partial charge is 0.269 e. The molecule has 104 valence electrons. The Kier molecular flexibility index (Phi) is 3.74. The summed E-state index contributed by atoms with van der Waals surface area (Å²) in [5.41, 5.74) is 1.05. The van der Waals surface area contributed by atoms with Crippen LogP contribution < -0.4 is 5.32 Å². The second-order valence-electron chi connectivity index (χ2n) is 4.38. The highest BCUT2D eigenvalue weighted by Crippen LogP contribution is 2.34. The van der Waals surface area contributed by atoms with Crippen LogP contribution in [0.4, 0.5) is 11.4 Å². The van der Waals surface area contributed by atoms with Gasteiger partial charge in [0.1, 0.15) is 11.5 Å². The highest BCUT2D eigenvalue weighted by atomic mass is 16.6. The van der Waals surface area contributed by atoms with E-state index in [4.69, 9.17) is 0 Å². The Labute approximate surface area is 115 Å². The van der Waals surface area contributed by atoms with Gasteiger partial charge in [-0.15, -0.1) is 0 Å². The molecule has 6 nitrogen and oxygen atoms in total. The first kappa shape index (κ1) is 13.7. The lowest BCUT2D eigenvalue weighted by Crippen LogP contribution is -2.07. The fourth-order valence-electron chi connectivity index (χ4n) is 1.99. The number of hydrogen-bond donors (Lipinski definition) is 3. The minimum Gasteiger partial charge on any atom is -0.507 e. The van der Waals surface area contributed by atoms with Gasteiger partial charge in [0.2, 0.25) is 0 Å². The molecule has 0 aliphatic carbocycles. The van der Waals surface area contributed by atoms with Crippen LogP contribution in [0.1, 0.15) is 18.5 Å². The van der Waals surface area contributed by atoms with Crippen molar-refractivity contribution in [3.05, 3.63) is 58.1 Å². The minimum absolute atomic E-state index is 0.00749. The van der Waals surface area contributed by atoms with Crippen LogP contribution in [-0.4, -0.2) is 15.1 Å². The highest BCUT2D eigenvalue weighted by molar-refractivity contribution is 5.53. The van der Waals surface area contributed by atoms with E-state index in [9.17, 15) is 20.3 Å². The zero-order valence-electron chi connectivity index (χ0n) is 10.8. The number of nitrogens with zero attached hydrogens (tertiary/aromatic N) is 1. The zero-order chi connectivity index (χ0) is 14.7. The molecule has 2 aromatic carbocycles. The van der Waals surface area contributed by atoms with Gasteiger partial charge in [-0.3, -0.25) is 10.1 Å². The van der Waals surface area contributed by atoms with E-state index in [2.05, 4.69) is 5.32 Å². The van der Waals surface area contributed by atoms with Gasteiger partial charge >= 0.3 is 0 Å². The predicted molar refractivity (Wildman–Crippen MR) is 74.9 cm³/mol. The van der Waals surface area contributed by atoms with Gasteiger partial charge in [0.15, 0.2) is 0 Å². The Balaban J connectivity index is 2.19. The SMILES string of the molecule is CC(Nc1ccc([N+](=O)[O-])cc1)c1c(O)cccc1O. The number of benzene rings is 2. The molecule has 2 rings (SSSR count). The molecule has 0 aliphatic rings. The van der Waals surface area contributed by atoms with Crippen molar-refractivity contribution in [2.45, 2.75) is 13.0 Å². The molecule has 0 spiro atoms. The van der Waals surface area contributed by atoms with Crippen molar-refractivity contribution in [3.63, 3.8) is 0 Å². The number of nitrogens with one attached hydrogen (secondary N) is 1. The molecule has 0 saturated carbocycles. The van der Waals surface area contributed by atoms with Crippen LogP contribution in [0.5, 0.6) is 11.5 Å². The second kappa shape index (κ2) is 5.48. The molecule has 0 bridgehead atoms. The first-order chi connectivity index (χ1) is 9.49. The summed E-state index contributed by atoms with van der Waals surface area (Å²) in [5, 5.41) is 33.2. The van der Waals surface area contributed by atoms with Crippen molar-refractivity contribution in [3.8, 4) is 11.5 Å². The summed E-state index contributed by atoms with van der Waals surface area (Å²) in [5.74, 6) is -0.0150. The number of phenols is 2. The van der Waals surface area contributed by atoms with Gasteiger partial charge in [-0.05, 0) is 31.2 Å². The van der Waals surface area contributed by atoms with Gasteiger partial charge in [0.05, 0.1) is 16.5 Å². The van der Waals surface area contributed by atoms with E-state index in [1.165, 1.54) is 24.3 Å². The summed E-state index contributed by atoms with van der Waals surface area (Å²) in [6.07, 6.45) is 0. The Morgan fingerprint density at radius 2 is 1.65 bits per heavy atom. The molecule has 2 aromatic rings. The monoisotopic (exact) mass is 274 g/mol. The number of anilines is 1. The number of rotatable bonds is 4. The van der Waals surface area contributed by atoms with Crippen LogP contribution in [0.25, 0.3) is 0 Å².